The summed E-state index contributed by atoms with van der Waals surface area (Å²) in [7, 11) is 0. The molecule has 2 heterocycles. The average Bonchev–Trinajstić information content (AvgIpc) is 3.08. The van der Waals surface area contributed by atoms with Crippen LogP contribution in [-0.4, -0.2) is 29.2 Å². The van der Waals surface area contributed by atoms with Crippen LogP contribution in [0.5, 0.6) is 0 Å². The van der Waals surface area contributed by atoms with Crippen molar-refractivity contribution in [1.29, 1.82) is 0 Å². The van der Waals surface area contributed by atoms with Crippen LogP contribution in [0, 0.1) is 0 Å². The molecule has 1 N–H and O–H groups in total. The van der Waals surface area contributed by atoms with Crippen molar-refractivity contribution >= 4 is 50.9 Å². The van der Waals surface area contributed by atoms with Crippen molar-refractivity contribution in [3.8, 4) is 0 Å². The number of nitrogens with one attached hydrogen (secondary N) is 1. The van der Waals surface area contributed by atoms with E-state index in [9.17, 15) is 9.59 Å². The maximum absolute atomic E-state index is 12.8. The summed E-state index contributed by atoms with van der Waals surface area (Å²) in [6.45, 7) is 2.13. The summed E-state index contributed by atoms with van der Waals surface area (Å²) in [4.78, 5) is 32.2. The van der Waals surface area contributed by atoms with Crippen LogP contribution < -0.4 is 5.32 Å². The highest BCUT2D eigenvalue weighted by molar-refractivity contribution is 8.00. The Labute approximate surface area is 190 Å². The van der Waals surface area contributed by atoms with Crippen LogP contribution in [0.2, 0.25) is 0 Å². The molecule has 0 unspecified atom stereocenters. The van der Waals surface area contributed by atoms with E-state index in [1.807, 2.05) is 30.3 Å². The lowest BCUT2D eigenvalue weighted by atomic mass is 9.96. The number of thioether (sulfide) groups is 1. The van der Waals surface area contributed by atoms with Gasteiger partial charge in [-0.25, -0.2) is 4.79 Å². The number of carbonyl (C=O) groups is 2. The third-order valence-corrected chi connectivity index (χ3v) is 7.61. The predicted molar refractivity (Wildman–Crippen MR) is 127 cm³/mol. The van der Waals surface area contributed by atoms with E-state index in [4.69, 9.17) is 4.74 Å². The molecule has 0 aliphatic heterocycles. The van der Waals surface area contributed by atoms with Gasteiger partial charge >= 0.3 is 5.97 Å². The van der Waals surface area contributed by atoms with Gasteiger partial charge in [-0.05, 0) is 50.3 Å². The number of hydrogen-bond donors (Lipinski definition) is 1. The molecule has 1 aliphatic rings. The van der Waals surface area contributed by atoms with Crippen molar-refractivity contribution in [2.75, 3.05) is 17.7 Å². The van der Waals surface area contributed by atoms with Crippen molar-refractivity contribution in [2.24, 2.45) is 0 Å². The molecular formula is C24H26N2O3S2. The number of amides is 1. The largest absolute Gasteiger partial charge is 0.462 e. The summed E-state index contributed by atoms with van der Waals surface area (Å²) in [5.74, 6) is -0.208. The van der Waals surface area contributed by atoms with E-state index in [-0.39, 0.29) is 17.6 Å². The van der Waals surface area contributed by atoms with Crippen molar-refractivity contribution in [1.82, 2.24) is 4.98 Å². The molecule has 162 valence electrons. The van der Waals surface area contributed by atoms with Crippen LogP contribution in [-0.2, 0) is 22.4 Å². The predicted octanol–water partition coefficient (Wildman–Crippen LogP) is 5.86. The van der Waals surface area contributed by atoms with Gasteiger partial charge in [0.15, 0.2) is 0 Å². The van der Waals surface area contributed by atoms with Gasteiger partial charge in [0.2, 0.25) is 5.91 Å². The first-order valence-electron chi connectivity index (χ1n) is 10.8. The number of carbonyl (C=O) groups excluding carboxylic acids is 2. The minimum atomic E-state index is -0.332. The van der Waals surface area contributed by atoms with Crippen LogP contribution in [0.1, 0.15) is 53.4 Å². The van der Waals surface area contributed by atoms with Gasteiger partial charge in [0.05, 0.1) is 23.4 Å². The molecule has 7 heteroatoms. The number of anilines is 1. The van der Waals surface area contributed by atoms with Gasteiger partial charge in [0, 0.05) is 21.4 Å². The number of thiophene rings is 1. The molecule has 2 aromatic heterocycles. The van der Waals surface area contributed by atoms with Crippen LogP contribution in [0.15, 0.2) is 41.4 Å². The molecule has 1 aliphatic carbocycles. The molecule has 1 aromatic carbocycles. The first kappa shape index (κ1) is 21.8. The smallest absolute Gasteiger partial charge is 0.341 e. The van der Waals surface area contributed by atoms with Gasteiger partial charge in [0.25, 0.3) is 0 Å². The quantitative estimate of drug-likeness (QED) is 0.373. The van der Waals surface area contributed by atoms with E-state index >= 15 is 0 Å². The Morgan fingerprint density at radius 3 is 2.77 bits per heavy atom. The molecule has 1 amide bonds. The molecule has 0 saturated heterocycles. The number of benzene rings is 1. The number of ether oxygens (including phenoxy) is 1. The first-order valence-corrected chi connectivity index (χ1v) is 12.6. The number of aromatic nitrogens is 1. The number of fused-ring (bicyclic) bond motifs is 2. The monoisotopic (exact) mass is 454 g/mol. The molecule has 0 fully saturated rings. The van der Waals surface area contributed by atoms with Crippen LogP contribution in [0.25, 0.3) is 10.9 Å². The summed E-state index contributed by atoms with van der Waals surface area (Å²) in [5, 5.41) is 4.69. The summed E-state index contributed by atoms with van der Waals surface area (Å²) in [6, 6.07) is 9.89. The number of nitrogens with zero attached hydrogens (tertiary/aromatic N) is 1. The Morgan fingerprint density at radius 2 is 1.94 bits per heavy atom. The Bertz CT molecular complexity index is 1090. The molecule has 0 spiro atoms. The summed E-state index contributed by atoms with van der Waals surface area (Å²) in [6.07, 6.45) is 8.16. The van der Waals surface area contributed by atoms with Gasteiger partial charge in [-0.15, -0.1) is 23.1 Å². The fourth-order valence-electron chi connectivity index (χ4n) is 3.93. The number of rotatable bonds is 6. The fraction of sp³-hybridized carbons (Fsp3) is 0.375. The summed E-state index contributed by atoms with van der Waals surface area (Å²) >= 11 is 2.99. The molecule has 0 atom stereocenters. The molecular weight excluding hydrogens is 428 g/mol. The maximum atomic E-state index is 12.8. The van der Waals surface area contributed by atoms with E-state index in [2.05, 4.69) is 10.3 Å². The number of aryl methyl sites for hydroxylation is 1. The van der Waals surface area contributed by atoms with E-state index in [0.29, 0.717) is 17.2 Å². The molecule has 31 heavy (non-hydrogen) atoms. The van der Waals surface area contributed by atoms with E-state index in [0.717, 1.165) is 47.0 Å². The summed E-state index contributed by atoms with van der Waals surface area (Å²) < 4.78 is 5.33. The van der Waals surface area contributed by atoms with Crippen molar-refractivity contribution in [3.63, 3.8) is 0 Å². The minimum Gasteiger partial charge on any atom is -0.462 e. The van der Waals surface area contributed by atoms with E-state index in [1.54, 1.807) is 13.1 Å². The highest BCUT2D eigenvalue weighted by atomic mass is 32.2. The van der Waals surface area contributed by atoms with Gasteiger partial charge < -0.3 is 10.1 Å². The van der Waals surface area contributed by atoms with E-state index < -0.39 is 0 Å². The lowest BCUT2D eigenvalue weighted by molar-refractivity contribution is -0.113. The highest BCUT2D eigenvalue weighted by Crippen LogP contribution is 2.38. The zero-order valence-electron chi connectivity index (χ0n) is 17.6. The third kappa shape index (κ3) is 5.10. The second kappa shape index (κ2) is 10.3. The van der Waals surface area contributed by atoms with Gasteiger partial charge in [-0.2, -0.15) is 0 Å². The van der Waals surface area contributed by atoms with Gasteiger partial charge in [0.1, 0.15) is 5.00 Å². The fourth-order valence-corrected chi connectivity index (χ4v) is 6.06. The lowest BCUT2D eigenvalue weighted by Gasteiger charge is -2.11. The number of pyridine rings is 1. The second-order valence-corrected chi connectivity index (χ2v) is 9.63. The third-order valence-electron chi connectivity index (χ3n) is 5.36. The summed E-state index contributed by atoms with van der Waals surface area (Å²) in [5.41, 5.74) is 2.53. The Balaban J connectivity index is 1.53. The Hall–Kier alpha value is -2.38. The molecule has 0 bridgehead atoms. The van der Waals surface area contributed by atoms with Crippen molar-refractivity contribution in [3.05, 3.63) is 52.5 Å². The van der Waals surface area contributed by atoms with Crippen molar-refractivity contribution < 1.29 is 14.3 Å². The molecule has 4 rings (SSSR count). The number of para-hydroxylation sites is 1. The standard InChI is InChI=1S/C24H26N2O3S2/c1-2-29-24(28)21-17-11-5-3-4-6-12-18(17)31-23(21)26-20(27)15-30-19-13-7-9-16-10-8-14-25-22(16)19/h7-10,13-14H,2-6,11-12,15H2,1H3,(H,26,27). The topological polar surface area (TPSA) is 68.3 Å². The molecule has 0 saturated carbocycles. The molecule has 3 aromatic rings. The van der Waals surface area contributed by atoms with Crippen LogP contribution in [0.3, 0.4) is 0 Å². The van der Waals surface area contributed by atoms with Gasteiger partial charge in [-0.1, -0.05) is 31.0 Å². The number of esters is 1. The first-order chi connectivity index (χ1) is 15.2. The molecule has 5 nitrogen and oxygen atoms in total. The second-order valence-electron chi connectivity index (χ2n) is 7.51. The zero-order chi connectivity index (χ0) is 21.6. The van der Waals surface area contributed by atoms with Crippen LogP contribution in [0.4, 0.5) is 5.00 Å². The van der Waals surface area contributed by atoms with Crippen molar-refractivity contribution in [2.45, 2.75) is 50.3 Å². The normalized spacial score (nSPS) is 13.8. The lowest BCUT2D eigenvalue weighted by Crippen LogP contribution is -2.17. The van der Waals surface area contributed by atoms with Crippen LogP contribution >= 0.6 is 23.1 Å². The SMILES string of the molecule is CCOC(=O)c1c(NC(=O)CSc2cccc3cccnc23)sc2c1CCCCCC2. The molecule has 0 radical (unpaired) electrons. The Kier molecular flexibility index (Phi) is 7.25. The zero-order valence-corrected chi connectivity index (χ0v) is 19.2. The Morgan fingerprint density at radius 1 is 1.13 bits per heavy atom. The number of hydrogen-bond acceptors (Lipinski definition) is 6. The van der Waals surface area contributed by atoms with Gasteiger partial charge in [-0.3, -0.25) is 9.78 Å². The maximum Gasteiger partial charge on any atom is 0.341 e. The van der Waals surface area contributed by atoms with E-state index in [1.165, 1.54) is 40.8 Å². The minimum absolute atomic E-state index is 0.127. The highest BCUT2D eigenvalue weighted by Gasteiger charge is 2.26. The average molecular weight is 455 g/mol.